The molecule has 0 aromatic heterocycles. The standard InChI is InChI=1S/C8H17N3OS/c1-9(2)8(12)11-5-3-10(7-13)4-6-11/h13H,3-7H2,1-2H3. The zero-order chi connectivity index (χ0) is 9.84. The molecule has 2 amide bonds. The van der Waals surface area contributed by atoms with Crippen LogP contribution in [0.3, 0.4) is 0 Å². The molecule has 1 heterocycles. The predicted molar refractivity (Wildman–Crippen MR) is 56.1 cm³/mol. The van der Waals surface area contributed by atoms with E-state index in [-0.39, 0.29) is 6.03 Å². The second-order valence-electron chi connectivity index (χ2n) is 3.42. The predicted octanol–water partition coefficient (Wildman–Crippen LogP) is 0.173. The molecule has 1 saturated heterocycles. The molecule has 1 rings (SSSR count). The lowest BCUT2D eigenvalue weighted by Crippen LogP contribution is -2.51. The largest absolute Gasteiger partial charge is 0.331 e. The number of carbonyl (C=O) groups excluding carboxylic acids is 1. The van der Waals surface area contributed by atoms with E-state index in [1.54, 1.807) is 19.0 Å². The van der Waals surface area contributed by atoms with Gasteiger partial charge in [0.25, 0.3) is 0 Å². The van der Waals surface area contributed by atoms with Crippen LogP contribution >= 0.6 is 12.6 Å². The molecule has 0 unspecified atom stereocenters. The molecule has 0 spiro atoms. The van der Waals surface area contributed by atoms with Gasteiger partial charge in [0.1, 0.15) is 0 Å². The average molecular weight is 203 g/mol. The Kier molecular flexibility index (Phi) is 3.87. The third-order valence-corrected chi connectivity index (χ3v) is 2.63. The van der Waals surface area contributed by atoms with Crippen molar-refractivity contribution in [2.45, 2.75) is 0 Å². The normalized spacial score (nSPS) is 18.8. The van der Waals surface area contributed by atoms with Crippen LogP contribution in [-0.4, -0.2) is 66.9 Å². The van der Waals surface area contributed by atoms with E-state index in [1.807, 2.05) is 4.90 Å². The summed E-state index contributed by atoms with van der Waals surface area (Å²) in [6.07, 6.45) is 0. The van der Waals surface area contributed by atoms with Crippen LogP contribution in [0.15, 0.2) is 0 Å². The van der Waals surface area contributed by atoms with Crippen LogP contribution in [0, 0.1) is 0 Å². The maximum atomic E-state index is 11.5. The van der Waals surface area contributed by atoms with Gasteiger partial charge in [-0.15, -0.1) is 0 Å². The molecular formula is C8H17N3OS. The highest BCUT2D eigenvalue weighted by Gasteiger charge is 2.20. The number of amides is 2. The number of piperazine rings is 1. The van der Waals surface area contributed by atoms with Crippen LogP contribution in [0.1, 0.15) is 0 Å². The van der Waals surface area contributed by atoms with E-state index in [0.29, 0.717) is 0 Å². The Hall–Kier alpha value is -0.420. The molecule has 0 saturated carbocycles. The van der Waals surface area contributed by atoms with E-state index in [1.165, 1.54) is 0 Å². The minimum Gasteiger partial charge on any atom is -0.331 e. The van der Waals surface area contributed by atoms with Crippen molar-refractivity contribution < 1.29 is 4.79 Å². The first-order chi connectivity index (χ1) is 6.15. The lowest BCUT2D eigenvalue weighted by molar-refractivity contribution is 0.133. The first-order valence-electron chi connectivity index (χ1n) is 4.44. The van der Waals surface area contributed by atoms with Crippen molar-refractivity contribution >= 4 is 18.7 Å². The van der Waals surface area contributed by atoms with Gasteiger partial charge >= 0.3 is 6.03 Å². The number of nitrogens with zero attached hydrogens (tertiary/aromatic N) is 3. The summed E-state index contributed by atoms with van der Waals surface area (Å²) in [6, 6.07) is 0.110. The van der Waals surface area contributed by atoms with Gasteiger partial charge in [-0.2, -0.15) is 12.6 Å². The third-order valence-electron chi connectivity index (χ3n) is 2.23. The third kappa shape index (κ3) is 2.77. The summed E-state index contributed by atoms with van der Waals surface area (Å²) in [5.41, 5.74) is 0. The van der Waals surface area contributed by atoms with Gasteiger partial charge in [0, 0.05) is 46.2 Å². The van der Waals surface area contributed by atoms with Crippen LogP contribution in [-0.2, 0) is 0 Å². The number of rotatable bonds is 1. The SMILES string of the molecule is CN(C)C(=O)N1CCN(CS)CC1. The van der Waals surface area contributed by atoms with Crippen LogP contribution in [0.2, 0.25) is 0 Å². The number of hydrogen-bond acceptors (Lipinski definition) is 3. The monoisotopic (exact) mass is 203 g/mol. The summed E-state index contributed by atoms with van der Waals surface area (Å²) in [4.78, 5) is 17.2. The number of urea groups is 1. The minimum atomic E-state index is 0.110. The zero-order valence-electron chi connectivity index (χ0n) is 8.23. The second kappa shape index (κ2) is 4.72. The molecule has 13 heavy (non-hydrogen) atoms. The molecule has 4 nitrogen and oxygen atoms in total. The molecule has 0 radical (unpaired) electrons. The van der Waals surface area contributed by atoms with Gasteiger partial charge in [-0.3, -0.25) is 4.90 Å². The number of carbonyl (C=O) groups is 1. The van der Waals surface area contributed by atoms with E-state index >= 15 is 0 Å². The molecule has 0 aromatic rings. The van der Waals surface area contributed by atoms with Crippen molar-refractivity contribution in [1.82, 2.24) is 14.7 Å². The Bertz CT molecular complexity index is 178. The molecule has 0 bridgehead atoms. The van der Waals surface area contributed by atoms with Gasteiger partial charge in [-0.25, -0.2) is 4.79 Å². The van der Waals surface area contributed by atoms with E-state index in [4.69, 9.17) is 0 Å². The van der Waals surface area contributed by atoms with Gasteiger partial charge < -0.3 is 9.80 Å². The first kappa shape index (κ1) is 10.7. The fourth-order valence-corrected chi connectivity index (χ4v) is 1.65. The Balaban J connectivity index is 2.36. The quantitative estimate of drug-likeness (QED) is 0.615. The number of hydrogen-bond donors (Lipinski definition) is 1. The van der Waals surface area contributed by atoms with Gasteiger partial charge in [0.05, 0.1) is 0 Å². The smallest absolute Gasteiger partial charge is 0.319 e. The zero-order valence-corrected chi connectivity index (χ0v) is 9.13. The maximum Gasteiger partial charge on any atom is 0.319 e. The first-order valence-corrected chi connectivity index (χ1v) is 5.08. The van der Waals surface area contributed by atoms with Crippen molar-refractivity contribution in [3.63, 3.8) is 0 Å². The van der Waals surface area contributed by atoms with Crippen LogP contribution < -0.4 is 0 Å². The van der Waals surface area contributed by atoms with Crippen molar-refractivity contribution in [3.8, 4) is 0 Å². The fraction of sp³-hybridized carbons (Fsp3) is 0.875. The topological polar surface area (TPSA) is 26.8 Å². The molecule has 0 N–H and O–H groups in total. The van der Waals surface area contributed by atoms with Crippen molar-refractivity contribution in [2.24, 2.45) is 0 Å². The van der Waals surface area contributed by atoms with Crippen LogP contribution in [0.5, 0.6) is 0 Å². The fourth-order valence-electron chi connectivity index (χ4n) is 1.36. The summed E-state index contributed by atoms with van der Waals surface area (Å²) in [6.45, 7) is 3.50. The summed E-state index contributed by atoms with van der Waals surface area (Å²) < 4.78 is 0. The van der Waals surface area contributed by atoms with E-state index in [0.717, 1.165) is 32.1 Å². The van der Waals surface area contributed by atoms with Crippen molar-refractivity contribution in [1.29, 1.82) is 0 Å². The highest BCUT2D eigenvalue weighted by atomic mass is 32.1. The van der Waals surface area contributed by atoms with Gasteiger partial charge in [0.2, 0.25) is 0 Å². The molecule has 0 atom stereocenters. The molecule has 1 aliphatic rings. The summed E-state index contributed by atoms with van der Waals surface area (Å²) in [5.74, 6) is 0.782. The van der Waals surface area contributed by atoms with Gasteiger partial charge in [-0.05, 0) is 0 Å². The Labute approximate surface area is 84.9 Å². The summed E-state index contributed by atoms with van der Waals surface area (Å²) in [5, 5.41) is 0. The Morgan fingerprint density at radius 2 is 1.85 bits per heavy atom. The van der Waals surface area contributed by atoms with Gasteiger partial charge in [0.15, 0.2) is 0 Å². The van der Waals surface area contributed by atoms with Crippen molar-refractivity contribution in [2.75, 3.05) is 46.2 Å². The van der Waals surface area contributed by atoms with Crippen LogP contribution in [0.4, 0.5) is 4.79 Å². The van der Waals surface area contributed by atoms with Gasteiger partial charge in [-0.1, -0.05) is 0 Å². The van der Waals surface area contributed by atoms with Crippen LogP contribution in [0.25, 0.3) is 0 Å². The van der Waals surface area contributed by atoms with E-state index in [9.17, 15) is 4.79 Å². The van der Waals surface area contributed by atoms with Crippen molar-refractivity contribution in [3.05, 3.63) is 0 Å². The average Bonchev–Trinajstić information content (AvgIpc) is 2.17. The molecule has 5 heteroatoms. The highest BCUT2D eigenvalue weighted by molar-refractivity contribution is 7.80. The molecule has 0 aromatic carbocycles. The summed E-state index contributed by atoms with van der Waals surface area (Å²) >= 11 is 4.20. The molecule has 76 valence electrons. The molecule has 0 aliphatic carbocycles. The van der Waals surface area contributed by atoms with E-state index in [2.05, 4.69) is 17.5 Å². The molecular weight excluding hydrogens is 186 g/mol. The Morgan fingerprint density at radius 3 is 2.23 bits per heavy atom. The van der Waals surface area contributed by atoms with E-state index < -0.39 is 0 Å². The molecule has 1 aliphatic heterocycles. The second-order valence-corrected chi connectivity index (χ2v) is 3.71. The Morgan fingerprint density at radius 1 is 1.31 bits per heavy atom. The minimum absolute atomic E-state index is 0.110. The summed E-state index contributed by atoms with van der Waals surface area (Å²) in [7, 11) is 3.57. The highest BCUT2D eigenvalue weighted by Crippen LogP contribution is 2.04. The lowest BCUT2D eigenvalue weighted by atomic mass is 10.3. The lowest BCUT2D eigenvalue weighted by Gasteiger charge is -2.35. The maximum absolute atomic E-state index is 11.5. The molecule has 1 fully saturated rings. The number of thiol groups is 1.